The number of aromatic nitrogens is 2. The van der Waals surface area contributed by atoms with Crippen molar-refractivity contribution in [3.8, 4) is 5.75 Å². The minimum Gasteiger partial charge on any atom is -0.490 e. The van der Waals surface area contributed by atoms with Crippen LogP contribution in [0.1, 0.15) is 39.5 Å². The summed E-state index contributed by atoms with van der Waals surface area (Å²) in [5, 5.41) is 7.54. The van der Waals surface area contributed by atoms with Gasteiger partial charge in [0.25, 0.3) is 0 Å². The maximum atomic E-state index is 5.52. The number of hydrogen-bond donors (Lipinski definition) is 2. The summed E-state index contributed by atoms with van der Waals surface area (Å²) >= 11 is 2.04. The van der Waals surface area contributed by atoms with E-state index in [0.717, 1.165) is 36.1 Å². The summed E-state index contributed by atoms with van der Waals surface area (Å²) in [6.45, 7) is 5.23. The molecule has 1 fully saturated rings. The van der Waals surface area contributed by atoms with E-state index < -0.39 is 0 Å². The number of nitrogens with one attached hydrogen (secondary N) is 2. The number of nitrogens with zero attached hydrogens (tertiary/aromatic N) is 2. The average molecular weight is 310 g/mol. The van der Waals surface area contributed by atoms with Gasteiger partial charge in [-0.3, -0.25) is 0 Å². The highest BCUT2D eigenvalue weighted by molar-refractivity contribution is 7.99. The fourth-order valence-corrected chi connectivity index (χ4v) is 3.92. The zero-order valence-corrected chi connectivity index (χ0v) is 14.0. The first-order valence-electron chi connectivity index (χ1n) is 7.81. The third-order valence-corrected chi connectivity index (χ3v) is 5.03. The first-order chi connectivity index (χ1) is 10.3. The Hall–Kier alpha value is -1.17. The molecule has 2 unspecified atom stereocenters. The Morgan fingerprint density at radius 3 is 2.81 bits per heavy atom. The Morgan fingerprint density at radius 1 is 1.29 bits per heavy atom. The van der Waals surface area contributed by atoms with Crippen LogP contribution in [-0.2, 0) is 0 Å². The molecule has 1 aromatic heterocycles. The number of anilines is 2. The van der Waals surface area contributed by atoms with Crippen molar-refractivity contribution in [1.82, 2.24) is 9.97 Å². The van der Waals surface area contributed by atoms with Crippen LogP contribution in [0.25, 0.3) is 0 Å². The molecule has 1 aromatic rings. The van der Waals surface area contributed by atoms with Crippen LogP contribution in [0, 0.1) is 0 Å². The zero-order chi connectivity index (χ0) is 15.1. The molecule has 118 valence electrons. The van der Waals surface area contributed by atoms with Gasteiger partial charge in [0.05, 0.1) is 7.11 Å². The van der Waals surface area contributed by atoms with Gasteiger partial charge in [0.1, 0.15) is 6.33 Å². The molecule has 0 aliphatic heterocycles. The number of methoxy groups -OCH3 is 1. The fraction of sp³-hybridized carbons (Fsp3) is 0.733. The smallest absolute Gasteiger partial charge is 0.204 e. The molecule has 0 bridgehead atoms. The predicted octanol–water partition coefficient (Wildman–Crippen LogP) is 3.39. The molecule has 0 amide bonds. The Balaban J connectivity index is 2.11. The van der Waals surface area contributed by atoms with Crippen LogP contribution < -0.4 is 15.4 Å². The quantitative estimate of drug-likeness (QED) is 0.767. The number of rotatable bonds is 8. The largest absolute Gasteiger partial charge is 0.490 e. The van der Waals surface area contributed by atoms with Gasteiger partial charge < -0.3 is 15.4 Å². The van der Waals surface area contributed by atoms with Gasteiger partial charge in [-0.05, 0) is 25.0 Å². The minimum atomic E-state index is 0.470. The molecule has 1 saturated carbocycles. The molecule has 0 radical (unpaired) electrons. The van der Waals surface area contributed by atoms with Gasteiger partial charge in [-0.15, -0.1) is 0 Å². The van der Waals surface area contributed by atoms with Crippen LogP contribution in [0.3, 0.4) is 0 Å². The molecule has 1 heterocycles. The Labute approximate surface area is 131 Å². The minimum absolute atomic E-state index is 0.470. The maximum Gasteiger partial charge on any atom is 0.204 e. The SMILES string of the molecule is CCCNc1ncnc(NC2CCCC2SCC)c1OC. The normalized spacial score (nSPS) is 21.3. The molecule has 21 heavy (non-hydrogen) atoms. The van der Waals surface area contributed by atoms with Crippen molar-refractivity contribution in [2.45, 2.75) is 50.8 Å². The first-order valence-corrected chi connectivity index (χ1v) is 8.86. The van der Waals surface area contributed by atoms with E-state index in [-0.39, 0.29) is 0 Å². The highest BCUT2D eigenvalue weighted by atomic mass is 32.2. The highest BCUT2D eigenvalue weighted by Crippen LogP contribution is 2.35. The molecular formula is C15H26N4OS. The molecule has 2 atom stereocenters. The van der Waals surface area contributed by atoms with Crippen LogP contribution in [0.2, 0.25) is 0 Å². The number of thioether (sulfide) groups is 1. The second-order valence-corrected chi connectivity index (χ2v) is 6.72. The summed E-state index contributed by atoms with van der Waals surface area (Å²) in [7, 11) is 1.67. The van der Waals surface area contributed by atoms with E-state index in [1.54, 1.807) is 13.4 Å². The van der Waals surface area contributed by atoms with Gasteiger partial charge in [-0.25, -0.2) is 9.97 Å². The van der Waals surface area contributed by atoms with Gasteiger partial charge >= 0.3 is 0 Å². The highest BCUT2D eigenvalue weighted by Gasteiger charge is 2.28. The summed E-state index contributed by atoms with van der Waals surface area (Å²) in [4.78, 5) is 8.67. The van der Waals surface area contributed by atoms with Crippen molar-refractivity contribution in [2.24, 2.45) is 0 Å². The third kappa shape index (κ3) is 4.15. The average Bonchev–Trinajstić information content (AvgIpc) is 2.93. The van der Waals surface area contributed by atoms with E-state index in [0.29, 0.717) is 11.3 Å². The Bertz CT molecular complexity index is 444. The molecule has 5 nitrogen and oxygen atoms in total. The van der Waals surface area contributed by atoms with E-state index in [1.165, 1.54) is 19.3 Å². The molecule has 0 spiro atoms. The van der Waals surface area contributed by atoms with Gasteiger partial charge in [-0.2, -0.15) is 11.8 Å². The summed E-state index contributed by atoms with van der Waals surface area (Å²) in [5.74, 6) is 3.46. The third-order valence-electron chi connectivity index (χ3n) is 3.71. The van der Waals surface area contributed by atoms with Crippen LogP contribution in [-0.4, -0.2) is 40.7 Å². The van der Waals surface area contributed by atoms with Gasteiger partial charge in [0, 0.05) is 17.8 Å². The lowest BCUT2D eigenvalue weighted by Gasteiger charge is -2.22. The topological polar surface area (TPSA) is 59.1 Å². The van der Waals surface area contributed by atoms with Crippen LogP contribution >= 0.6 is 11.8 Å². The summed E-state index contributed by atoms with van der Waals surface area (Å²) in [5.41, 5.74) is 0. The lowest BCUT2D eigenvalue weighted by atomic mass is 10.2. The van der Waals surface area contributed by atoms with Crippen molar-refractivity contribution < 1.29 is 4.74 Å². The molecule has 0 aromatic carbocycles. The predicted molar refractivity (Wildman–Crippen MR) is 90.5 cm³/mol. The summed E-state index contributed by atoms with van der Waals surface area (Å²) in [6.07, 6.45) is 6.41. The maximum absolute atomic E-state index is 5.52. The van der Waals surface area contributed by atoms with Crippen molar-refractivity contribution in [2.75, 3.05) is 30.0 Å². The van der Waals surface area contributed by atoms with Gasteiger partial charge in [0.2, 0.25) is 5.75 Å². The van der Waals surface area contributed by atoms with E-state index >= 15 is 0 Å². The van der Waals surface area contributed by atoms with E-state index in [2.05, 4.69) is 34.4 Å². The van der Waals surface area contributed by atoms with E-state index in [9.17, 15) is 0 Å². The molecule has 6 heteroatoms. The molecule has 2 rings (SSSR count). The Kier molecular flexibility index (Phi) is 6.42. The van der Waals surface area contributed by atoms with E-state index in [4.69, 9.17) is 4.74 Å². The zero-order valence-electron chi connectivity index (χ0n) is 13.2. The lowest BCUT2D eigenvalue weighted by Crippen LogP contribution is -2.27. The first kappa shape index (κ1) is 16.2. The number of ether oxygens (including phenoxy) is 1. The van der Waals surface area contributed by atoms with Crippen molar-refractivity contribution in [1.29, 1.82) is 0 Å². The molecule has 0 saturated heterocycles. The summed E-state index contributed by atoms with van der Waals surface area (Å²) < 4.78 is 5.52. The fourth-order valence-electron chi connectivity index (χ4n) is 2.72. The van der Waals surface area contributed by atoms with Crippen molar-refractivity contribution in [3.63, 3.8) is 0 Å². The van der Waals surface area contributed by atoms with Crippen molar-refractivity contribution >= 4 is 23.4 Å². The van der Waals surface area contributed by atoms with Gasteiger partial charge in [0.15, 0.2) is 11.6 Å². The molecule has 1 aliphatic rings. The monoisotopic (exact) mass is 310 g/mol. The molecule has 1 aliphatic carbocycles. The second-order valence-electron chi connectivity index (χ2n) is 5.21. The second kappa shape index (κ2) is 8.32. The van der Waals surface area contributed by atoms with Crippen LogP contribution in [0.15, 0.2) is 6.33 Å². The van der Waals surface area contributed by atoms with Crippen molar-refractivity contribution in [3.05, 3.63) is 6.33 Å². The Morgan fingerprint density at radius 2 is 2.10 bits per heavy atom. The lowest BCUT2D eigenvalue weighted by molar-refractivity contribution is 0.414. The standard InChI is InChI=1S/C15H26N4OS/c1-4-9-16-14-13(20-3)15(18-10-17-14)19-11-7-6-8-12(11)21-5-2/h10-12H,4-9H2,1-3H3,(H2,16,17,18,19). The number of hydrogen-bond acceptors (Lipinski definition) is 6. The molecule has 2 N–H and O–H groups in total. The van der Waals surface area contributed by atoms with Crippen LogP contribution in [0.5, 0.6) is 5.75 Å². The van der Waals surface area contributed by atoms with Crippen LogP contribution in [0.4, 0.5) is 11.6 Å². The van der Waals surface area contributed by atoms with E-state index in [1.807, 2.05) is 11.8 Å². The van der Waals surface area contributed by atoms with Gasteiger partial charge in [-0.1, -0.05) is 20.3 Å². The molecular weight excluding hydrogens is 284 g/mol. The summed E-state index contributed by atoms with van der Waals surface area (Å²) in [6, 6.07) is 0.470.